The van der Waals surface area contributed by atoms with E-state index in [0.29, 0.717) is 6.54 Å². The first-order chi connectivity index (χ1) is 8.19. The fourth-order valence-corrected chi connectivity index (χ4v) is 2.16. The van der Waals surface area contributed by atoms with Gasteiger partial charge in [0.1, 0.15) is 12.4 Å². The fourth-order valence-electron chi connectivity index (χ4n) is 1.35. The molecule has 2 N–H and O–H groups in total. The smallest absolute Gasteiger partial charge is 0.167 e. The molecule has 1 heterocycles. The van der Waals surface area contributed by atoms with Gasteiger partial charge >= 0.3 is 0 Å². The lowest BCUT2D eigenvalue weighted by atomic mass is 10.3. The number of hydrogen-bond donors (Lipinski definition) is 1. The van der Waals surface area contributed by atoms with Gasteiger partial charge in [0, 0.05) is 22.4 Å². The Kier molecular flexibility index (Phi) is 3.71. The maximum absolute atomic E-state index is 13.2. The van der Waals surface area contributed by atoms with E-state index in [9.17, 15) is 8.78 Å². The highest BCUT2D eigenvalue weighted by Crippen LogP contribution is 2.21. The van der Waals surface area contributed by atoms with E-state index in [1.165, 1.54) is 17.4 Å². The van der Waals surface area contributed by atoms with Crippen LogP contribution in [-0.4, -0.2) is 0 Å². The third kappa shape index (κ3) is 3.01. The third-order valence-electron chi connectivity index (χ3n) is 2.18. The second-order valence-electron chi connectivity index (χ2n) is 3.44. The summed E-state index contributed by atoms with van der Waals surface area (Å²) in [6.45, 7) is 0.739. The van der Waals surface area contributed by atoms with Gasteiger partial charge in [0.05, 0.1) is 0 Å². The first-order valence-corrected chi connectivity index (χ1v) is 5.86. The molecule has 0 aliphatic rings. The van der Waals surface area contributed by atoms with E-state index in [-0.39, 0.29) is 12.4 Å². The molecule has 2 nitrogen and oxygen atoms in total. The van der Waals surface area contributed by atoms with E-state index in [2.05, 4.69) is 0 Å². The van der Waals surface area contributed by atoms with Crippen LogP contribution in [0.5, 0.6) is 5.75 Å². The van der Waals surface area contributed by atoms with Gasteiger partial charge in [-0.25, -0.2) is 8.78 Å². The number of rotatable bonds is 4. The van der Waals surface area contributed by atoms with Crippen molar-refractivity contribution in [3.05, 3.63) is 51.7 Å². The molecule has 2 rings (SSSR count). The van der Waals surface area contributed by atoms with Gasteiger partial charge in [0.2, 0.25) is 0 Å². The zero-order chi connectivity index (χ0) is 12.3. The zero-order valence-corrected chi connectivity index (χ0v) is 9.77. The summed E-state index contributed by atoms with van der Waals surface area (Å²) in [5.74, 6) is -1.26. The van der Waals surface area contributed by atoms with E-state index < -0.39 is 11.6 Å². The Labute approximate surface area is 102 Å². The van der Waals surface area contributed by atoms with Gasteiger partial charge in [-0.05, 0) is 24.3 Å². The molecular weight excluding hydrogens is 244 g/mol. The van der Waals surface area contributed by atoms with Crippen LogP contribution >= 0.6 is 11.3 Å². The van der Waals surface area contributed by atoms with E-state index in [1.54, 1.807) is 0 Å². The quantitative estimate of drug-likeness (QED) is 0.911. The van der Waals surface area contributed by atoms with Crippen LogP contribution in [0.1, 0.15) is 9.75 Å². The molecule has 17 heavy (non-hydrogen) atoms. The predicted molar refractivity (Wildman–Crippen MR) is 62.9 cm³/mol. The molecular formula is C12H11F2NOS. The minimum absolute atomic E-state index is 0.0501. The van der Waals surface area contributed by atoms with Crippen LogP contribution in [0.15, 0.2) is 30.3 Å². The van der Waals surface area contributed by atoms with Crippen molar-refractivity contribution in [3.63, 3.8) is 0 Å². The van der Waals surface area contributed by atoms with Crippen molar-refractivity contribution >= 4 is 11.3 Å². The van der Waals surface area contributed by atoms with Gasteiger partial charge in [-0.15, -0.1) is 11.3 Å². The van der Waals surface area contributed by atoms with Gasteiger partial charge in [0.25, 0.3) is 0 Å². The molecule has 0 fully saturated rings. The minimum Gasteiger partial charge on any atom is -0.485 e. The number of benzene rings is 1. The first-order valence-electron chi connectivity index (χ1n) is 5.04. The molecule has 0 saturated heterocycles. The lowest BCUT2D eigenvalue weighted by molar-refractivity contribution is 0.292. The van der Waals surface area contributed by atoms with Crippen LogP contribution < -0.4 is 10.5 Å². The Morgan fingerprint density at radius 1 is 1.12 bits per heavy atom. The van der Waals surface area contributed by atoms with Gasteiger partial charge in [-0.1, -0.05) is 0 Å². The number of hydrogen-bond acceptors (Lipinski definition) is 3. The zero-order valence-electron chi connectivity index (χ0n) is 8.95. The summed E-state index contributed by atoms with van der Waals surface area (Å²) in [7, 11) is 0. The molecule has 2 aromatic rings. The normalized spacial score (nSPS) is 10.5. The summed E-state index contributed by atoms with van der Waals surface area (Å²) in [6.07, 6.45) is 0. The van der Waals surface area contributed by atoms with Crippen molar-refractivity contribution in [2.45, 2.75) is 13.2 Å². The monoisotopic (exact) mass is 255 g/mol. The largest absolute Gasteiger partial charge is 0.485 e. The molecule has 0 saturated carbocycles. The highest BCUT2D eigenvalue weighted by Gasteiger charge is 2.06. The van der Waals surface area contributed by atoms with E-state index >= 15 is 0 Å². The molecule has 0 spiro atoms. The maximum Gasteiger partial charge on any atom is 0.167 e. The summed E-state index contributed by atoms with van der Waals surface area (Å²) < 4.78 is 31.2. The number of halogens is 2. The average molecular weight is 255 g/mol. The van der Waals surface area contributed by atoms with Crippen molar-refractivity contribution < 1.29 is 13.5 Å². The standard InChI is InChI=1S/C12H11F2NOS/c13-8-1-4-12(11(14)5-8)16-7-10-3-2-9(6-15)17-10/h1-5H,6-7,15H2. The molecule has 0 radical (unpaired) electrons. The van der Waals surface area contributed by atoms with Gasteiger partial charge in [0.15, 0.2) is 11.6 Å². The van der Waals surface area contributed by atoms with Crippen molar-refractivity contribution in [1.29, 1.82) is 0 Å². The van der Waals surface area contributed by atoms with Crippen LogP contribution in [0.2, 0.25) is 0 Å². The lowest BCUT2D eigenvalue weighted by Crippen LogP contribution is -1.96. The second-order valence-corrected chi connectivity index (χ2v) is 4.69. The van der Waals surface area contributed by atoms with E-state index in [4.69, 9.17) is 10.5 Å². The molecule has 90 valence electrons. The maximum atomic E-state index is 13.2. The van der Waals surface area contributed by atoms with E-state index in [0.717, 1.165) is 21.9 Å². The number of ether oxygens (including phenoxy) is 1. The van der Waals surface area contributed by atoms with Gasteiger partial charge < -0.3 is 10.5 Å². The Morgan fingerprint density at radius 3 is 2.53 bits per heavy atom. The Bertz CT molecular complexity index is 513. The summed E-state index contributed by atoms with van der Waals surface area (Å²) in [5, 5.41) is 0. The van der Waals surface area contributed by atoms with Crippen molar-refractivity contribution in [2.24, 2.45) is 5.73 Å². The summed E-state index contributed by atoms with van der Waals surface area (Å²) in [6, 6.07) is 7.04. The second kappa shape index (κ2) is 5.25. The average Bonchev–Trinajstić information content (AvgIpc) is 2.76. The van der Waals surface area contributed by atoms with Gasteiger partial charge in [-0.2, -0.15) is 0 Å². The van der Waals surface area contributed by atoms with Crippen LogP contribution in [0.4, 0.5) is 8.78 Å². The van der Waals surface area contributed by atoms with E-state index in [1.807, 2.05) is 12.1 Å². The lowest BCUT2D eigenvalue weighted by Gasteiger charge is -2.05. The molecule has 0 atom stereocenters. The Balaban J connectivity index is 2.02. The topological polar surface area (TPSA) is 35.2 Å². The summed E-state index contributed by atoms with van der Waals surface area (Å²) in [5.41, 5.74) is 5.48. The molecule has 0 aliphatic heterocycles. The molecule has 0 aliphatic carbocycles. The molecule has 0 unspecified atom stereocenters. The SMILES string of the molecule is NCc1ccc(COc2ccc(F)cc2F)s1. The summed E-state index contributed by atoms with van der Waals surface area (Å²) >= 11 is 1.51. The van der Waals surface area contributed by atoms with Crippen molar-refractivity contribution in [3.8, 4) is 5.75 Å². The highest BCUT2D eigenvalue weighted by molar-refractivity contribution is 7.11. The van der Waals surface area contributed by atoms with Crippen molar-refractivity contribution in [2.75, 3.05) is 0 Å². The van der Waals surface area contributed by atoms with Crippen molar-refractivity contribution in [1.82, 2.24) is 0 Å². The molecule has 0 amide bonds. The summed E-state index contributed by atoms with van der Waals surface area (Å²) in [4.78, 5) is 2.00. The highest BCUT2D eigenvalue weighted by atomic mass is 32.1. The van der Waals surface area contributed by atoms with Crippen LogP contribution in [-0.2, 0) is 13.2 Å². The number of nitrogens with two attached hydrogens (primary N) is 1. The number of thiophene rings is 1. The molecule has 1 aromatic carbocycles. The van der Waals surface area contributed by atoms with Crippen LogP contribution in [0.25, 0.3) is 0 Å². The first kappa shape index (κ1) is 12.0. The van der Waals surface area contributed by atoms with Gasteiger partial charge in [-0.3, -0.25) is 0 Å². The molecule has 0 bridgehead atoms. The Morgan fingerprint density at radius 2 is 1.88 bits per heavy atom. The fraction of sp³-hybridized carbons (Fsp3) is 0.167. The van der Waals surface area contributed by atoms with Crippen LogP contribution in [0.3, 0.4) is 0 Å². The molecule has 1 aromatic heterocycles. The van der Waals surface area contributed by atoms with Crippen LogP contribution in [0, 0.1) is 11.6 Å². The predicted octanol–water partition coefficient (Wildman–Crippen LogP) is 3.06. The Hall–Kier alpha value is -1.46. The molecule has 5 heteroatoms. The third-order valence-corrected chi connectivity index (χ3v) is 3.26. The minimum atomic E-state index is -0.694.